The predicted octanol–water partition coefficient (Wildman–Crippen LogP) is 5.47. The maximum Gasteiger partial charge on any atom is 0.310 e. The molecule has 0 saturated carbocycles. The van der Waals surface area contributed by atoms with Gasteiger partial charge in [0.25, 0.3) is 0 Å². The minimum Gasteiger partial charge on any atom is -0.460 e. The van der Waals surface area contributed by atoms with Gasteiger partial charge in [0.1, 0.15) is 18.3 Å². The van der Waals surface area contributed by atoms with Gasteiger partial charge in [0.05, 0.1) is 12.3 Å². The molecule has 0 radical (unpaired) electrons. The molecule has 0 amide bonds. The number of esters is 2. The lowest BCUT2D eigenvalue weighted by Gasteiger charge is -2.29. The van der Waals surface area contributed by atoms with Gasteiger partial charge in [-0.1, -0.05) is 74.5 Å². The van der Waals surface area contributed by atoms with Crippen LogP contribution < -0.4 is 10.6 Å². The average Bonchev–Trinajstić information content (AvgIpc) is 2.79. The quantitative estimate of drug-likeness (QED) is 0.320. The van der Waals surface area contributed by atoms with Gasteiger partial charge in [-0.15, -0.1) is 0 Å². The average molecular weight is 473 g/mol. The fourth-order valence-corrected chi connectivity index (χ4v) is 6.21. The van der Waals surface area contributed by atoms with E-state index in [0.717, 1.165) is 0 Å². The van der Waals surface area contributed by atoms with Crippen LogP contribution in [0.15, 0.2) is 60.7 Å². The fourth-order valence-electron chi connectivity index (χ4n) is 3.28. The Labute approximate surface area is 198 Å². The van der Waals surface area contributed by atoms with E-state index >= 15 is 0 Å². The van der Waals surface area contributed by atoms with E-state index in [9.17, 15) is 14.2 Å². The van der Waals surface area contributed by atoms with Crippen LogP contribution in [-0.4, -0.2) is 29.3 Å². The Morgan fingerprint density at radius 3 is 1.64 bits per heavy atom. The molecule has 0 aliphatic heterocycles. The van der Waals surface area contributed by atoms with Crippen molar-refractivity contribution in [2.24, 2.45) is 5.92 Å². The van der Waals surface area contributed by atoms with Crippen LogP contribution in [0.3, 0.4) is 0 Å². The Morgan fingerprint density at radius 1 is 0.788 bits per heavy atom. The zero-order valence-electron chi connectivity index (χ0n) is 20.7. The minimum absolute atomic E-state index is 0.0126. The maximum atomic E-state index is 14.5. The van der Waals surface area contributed by atoms with Crippen LogP contribution in [0.4, 0.5) is 0 Å². The largest absolute Gasteiger partial charge is 0.460 e. The van der Waals surface area contributed by atoms with Crippen molar-refractivity contribution in [3.05, 3.63) is 60.7 Å². The second-order valence-corrected chi connectivity index (χ2v) is 12.5. The molecule has 180 valence electrons. The standard InChI is InChI=1S/C27H37O5P/c1-7-26(3,4)31-24(28)19-21(25(29)32-27(5,6)8-2)20-33(30,22-15-11-9-12-16-22)23-17-13-10-14-18-23/h9-18,21H,7-8,19-20H2,1-6H3. The van der Waals surface area contributed by atoms with Gasteiger partial charge in [-0.05, 0) is 40.5 Å². The molecule has 0 aliphatic rings. The van der Waals surface area contributed by atoms with Crippen molar-refractivity contribution in [1.29, 1.82) is 0 Å². The topological polar surface area (TPSA) is 69.7 Å². The van der Waals surface area contributed by atoms with Gasteiger partial charge in [0, 0.05) is 16.8 Å². The van der Waals surface area contributed by atoms with Crippen LogP contribution >= 0.6 is 7.14 Å². The number of carbonyl (C=O) groups excluding carboxylic acids is 2. The summed E-state index contributed by atoms with van der Waals surface area (Å²) in [4.78, 5) is 26.1. The highest BCUT2D eigenvalue weighted by Crippen LogP contribution is 2.46. The molecule has 0 N–H and O–H groups in total. The monoisotopic (exact) mass is 472 g/mol. The van der Waals surface area contributed by atoms with Crippen molar-refractivity contribution in [1.82, 2.24) is 0 Å². The summed E-state index contributed by atoms with van der Waals surface area (Å²) in [6.07, 6.45) is 1.06. The molecule has 0 aromatic heterocycles. The maximum absolute atomic E-state index is 14.5. The highest BCUT2D eigenvalue weighted by atomic mass is 31.2. The number of ether oxygens (including phenoxy) is 2. The fraction of sp³-hybridized carbons (Fsp3) is 0.481. The van der Waals surface area contributed by atoms with Crippen molar-refractivity contribution in [2.75, 3.05) is 6.16 Å². The van der Waals surface area contributed by atoms with Crippen molar-refractivity contribution < 1.29 is 23.6 Å². The van der Waals surface area contributed by atoms with Crippen LogP contribution in [0.1, 0.15) is 60.8 Å². The smallest absolute Gasteiger partial charge is 0.310 e. The molecule has 1 atom stereocenters. The Hall–Kier alpha value is -2.39. The van der Waals surface area contributed by atoms with Crippen molar-refractivity contribution >= 4 is 29.7 Å². The van der Waals surface area contributed by atoms with Gasteiger partial charge in [-0.25, -0.2) is 0 Å². The molecule has 0 bridgehead atoms. The SMILES string of the molecule is CCC(C)(C)OC(=O)CC(CP(=O)(c1ccccc1)c1ccccc1)C(=O)OC(C)(C)CC. The Morgan fingerprint density at radius 2 is 1.21 bits per heavy atom. The lowest BCUT2D eigenvalue weighted by Crippen LogP contribution is -2.36. The molecule has 2 aromatic carbocycles. The normalized spacial score (nSPS) is 13.3. The summed E-state index contributed by atoms with van der Waals surface area (Å²) in [5.74, 6) is -1.92. The van der Waals surface area contributed by atoms with Crippen LogP contribution in [-0.2, 0) is 23.6 Å². The number of benzene rings is 2. The second kappa shape index (κ2) is 11.2. The predicted molar refractivity (Wildman–Crippen MR) is 134 cm³/mol. The Balaban J connectivity index is 2.46. The van der Waals surface area contributed by atoms with E-state index in [2.05, 4.69) is 0 Å². The van der Waals surface area contributed by atoms with Gasteiger partial charge in [-0.3, -0.25) is 9.59 Å². The Bertz CT molecular complexity index is 923. The number of carbonyl (C=O) groups is 2. The molecule has 0 heterocycles. The van der Waals surface area contributed by atoms with Crippen LogP contribution in [0, 0.1) is 5.92 Å². The van der Waals surface area contributed by atoms with Crippen molar-refractivity contribution in [3.63, 3.8) is 0 Å². The molecule has 6 heteroatoms. The van der Waals surface area contributed by atoms with Gasteiger partial charge in [0.2, 0.25) is 0 Å². The molecule has 5 nitrogen and oxygen atoms in total. The Kier molecular flexibility index (Phi) is 9.08. The van der Waals surface area contributed by atoms with Gasteiger partial charge in [0.15, 0.2) is 0 Å². The summed E-state index contributed by atoms with van der Waals surface area (Å²) in [6.45, 7) is 11.2. The van der Waals surface area contributed by atoms with E-state index in [-0.39, 0.29) is 12.6 Å². The number of hydrogen-bond acceptors (Lipinski definition) is 5. The number of hydrogen-bond donors (Lipinski definition) is 0. The molecular formula is C27H37O5P. The summed E-state index contributed by atoms with van der Waals surface area (Å²) in [6, 6.07) is 18.3. The van der Waals surface area contributed by atoms with Gasteiger partial charge >= 0.3 is 11.9 Å². The van der Waals surface area contributed by atoms with E-state index in [0.29, 0.717) is 23.5 Å². The molecule has 1 unspecified atom stereocenters. The molecule has 0 spiro atoms. The first-order valence-electron chi connectivity index (χ1n) is 11.6. The molecule has 0 fully saturated rings. The minimum atomic E-state index is -3.23. The molecule has 0 saturated heterocycles. The van der Waals surface area contributed by atoms with E-state index in [1.54, 1.807) is 0 Å². The first kappa shape index (κ1) is 26.9. The summed E-state index contributed by atoms with van der Waals surface area (Å²) >= 11 is 0. The first-order chi connectivity index (χ1) is 15.4. The summed E-state index contributed by atoms with van der Waals surface area (Å²) in [7, 11) is -3.23. The highest BCUT2D eigenvalue weighted by molar-refractivity contribution is 7.78. The third kappa shape index (κ3) is 7.57. The zero-order valence-corrected chi connectivity index (χ0v) is 21.6. The molecule has 2 aromatic rings. The third-order valence-corrected chi connectivity index (χ3v) is 9.26. The second-order valence-electron chi connectivity index (χ2n) is 9.62. The molecular weight excluding hydrogens is 435 g/mol. The van der Waals surface area contributed by atoms with E-state index in [1.165, 1.54) is 0 Å². The van der Waals surface area contributed by atoms with Crippen molar-refractivity contribution in [3.8, 4) is 0 Å². The molecule has 33 heavy (non-hydrogen) atoms. The molecule has 0 aliphatic carbocycles. The zero-order chi connectivity index (χ0) is 24.7. The molecule has 2 rings (SSSR count). The van der Waals surface area contributed by atoms with Gasteiger partial charge < -0.3 is 14.0 Å². The van der Waals surface area contributed by atoms with Crippen molar-refractivity contribution in [2.45, 2.75) is 72.0 Å². The first-order valence-corrected chi connectivity index (χ1v) is 13.5. The summed E-state index contributed by atoms with van der Waals surface area (Å²) in [5, 5.41) is 1.29. The van der Waals surface area contributed by atoms with Crippen LogP contribution in [0.25, 0.3) is 0 Å². The van der Waals surface area contributed by atoms with Gasteiger partial charge in [-0.2, -0.15) is 0 Å². The third-order valence-electron chi connectivity index (χ3n) is 6.04. The van der Waals surface area contributed by atoms with Crippen LogP contribution in [0.5, 0.6) is 0 Å². The van der Waals surface area contributed by atoms with E-state index < -0.39 is 36.2 Å². The number of rotatable bonds is 11. The lowest BCUT2D eigenvalue weighted by molar-refractivity contribution is -0.168. The summed E-state index contributed by atoms with van der Waals surface area (Å²) in [5.41, 5.74) is -1.33. The van der Waals surface area contributed by atoms with Crippen LogP contribution in [0.2, 0.25) is 0 Å². The van der Waals surface area contributed by atoms with E-state index in [4.69, 9.17) is 9.47 Å². The lowest BCUT2D eigenvalue weighted by atomic mass is 10.0. The van der Waals surface area contributed by atoms with E-state index in [1.807, 2.05) is 102 Å². The highest BCUT2D eigenvalue weighted by Gasteiger charge is 2.38. The summed E-state index contributed by atoms with van der Waals surface area (Å²) < 4.78 is 25.9.